The van der Waals surface area contributed by atoms with E-state index in [1.54, 1.807) is 4.90 Å². The van der Waals surface area contributed by atoms with Crippen LogP contribution in [-0.4, -0.2) is 41.5 Å². The molecule has 1 atom stereocenters. The van der Waals surface area contributed by atoms with Crippen LogP contribution >= 0.6 is 0 Å². The van der Waals surface area contributed by atoms with Crippen LogP contribution in [-0.2, 0) is 17.5 Å². The van der Waals surface area contributed by atoms with E-state index in [9.17, 15) is 23.1 Å². The molecule has 1 N–H and O–H groups in total. The third-order valence-electron chi connectivity index (χ3n) is 6.15. The molecule has 2 saturated heterocycles. The molecule has 2 aliphatic heterocycles. The van der Waals surface area contributed by atoms with Gasteiger partial charge < -0.3 is 14.9 Å². The number of benzene rings is 2. The predicted molar refractivity (Wildman–Crippen MR) is 109 cm³/mol. The van der Waals surface area contributed by atoms with Gasteiger partial charge >= 0.3 is 6.18 Å². The molecule has 1 unspecified atom stereocenters. The zero-order valence-corrected chi connectivity index (χ0v) is 17.2. The Hall–Kier alpha value is -2.84. The summed E-state index contributed by atoms with van der Waals surface area (Å²) in [4.78, 5) is 14.5. The van der Waals surface area contributed by atoms with E-state index in [-0.39, 0.29) is 36.9 Å². The van der Waals surface area contributed by atoms with Crippen molar-refractivity contribution in [2.45, 2.75) is 43.8 Å². The average molecular weight is 454 g/mol. The van der Waals surface area contributed by atoms with E-state index < -0.39 is 30.1 Å². The van der Waals surface area contributed by atoms with Gasteiger partial charge in [0.2, 0.25) is 5.91 Å². The van der Waals surface area contributed by atoms with Crippen molar-refractivity contribution in [1.29, 1.82) is 0 Å². The van der Waals surface area contributed by atoms with Gasteiger partial charge in [0.15, 0.2) is 0 Å². The fourth-order valence-corrected chi connectivity index (χ4v) is 4.53. The molecule has 2 aromatic carbocycles. The first-order valence-electron chi connectivity index (χ1n) is 10.4. The number of carbonyl (C=O) groups excluding carboxylic acids is 1. The van der Waals surface area contributed by atoms with E-state index in [1.165, 1.54) is 36.4 Å². The van der Waals surface area contributed by atoms with Crippen LogP contribution in [0.15, 0.2) is 42.5 Å². The van der Waals surface area contributed by atoms with Gasteiger partial charge in [-0.15, -0.1) is 0 Å². The second kappa shape index (κ2) is 8.26. The van der Waals surface area contributed by atoms with Crippen LogP contribution in [0.4, 0.5) is 27.6 Å². The van der Waals surface area contributed by atoms with Gasteiger partial charge in [-0.2, -0.15) is 13.2 Å². The van der Waals surface area contributed by atoms with Crippen molar-refractivity contribution >= 4 is 11.6 Å². The summed E-state index contributed by atoms with van der Waals surface area (Å²) in [5, 5.41) is 9.40. The van der Waals surface area contributed by atoms with Gasteiger partial charge in [0, 0.05) is 31.7 Å². The fraction of sp³-hybridized carbons (Fsp3) is 0.435. The monoisotopic (exact) mass is 454 g/mol. The Bertz CT molecular complexity index is 991. The predicted octanol–water partition coefficient (Wildman–Crippen LogP) is 5.16. The van der Waals surface area contributed by atoms with Crippen molar-refractivity contribution in [2.75, 3.05) is 24.5 Å². The highest BCUT2D eigenvalue weighted by molar-refractivity contribution is 5.78. The second-order valence-electron chi connectivity index (χ2n) is 8.38. The Kier molecular flexibility index (Phi) is 5.77. The number of hydrogen-bond donors (Lipinski definition) is 1. The summed E-state index contributed by atoms with van der Waals surface area (Å²) < 4.78 is 71.1. The number of carbonyl (C=O) groups is 1. The van der Waals surface area contributed by atoms with Crippen molar-refractivity contribution in [3.63, 3.8) is 0 Å². The number of alkyl halides is 5. The summed E-state index contributed by atoms with van der Waals surface area (Å²) >= 11 is 0. The third-order valence-corrected chi connectivity index (χ3v) is 6.15. The van der Waals surface area contributed by atoms with Crippen LogP contribution in [0, 0.1) is 0 Å². The van der Waals surface area contributed by atoms with Gasteiger partial charge in [0.05, 0.1) is 18.0 Å². The minimum Gasteiger partial charge on any atom is -0.508 e. The number of rotatable bonds is 4. The minimum absolute atomic E-state index is 0.0241. The second-order valence-corrected chi connectivity index (χ2v) is 8.38. The number of amides is 1. The molecule has 32 heavy (non-hydrogen) atoms. The molecule has 172 valence electrons. The summed E-state index contributed by atoms with van der Waals surface area (Å²) in [7, 11) is 0. The van der Waals surface area contributed by atoms with E-state index in [0.29, 0.717) is 30.5 Å². The van der Waals surface area contributed by atoms with Crippen LogP contribution in [0.2, 0.25) is 0 Å². The molecule has 0 aromatic heterocycles. The van der Waals surface area contributed by atoms with Crippen molar-refractivity contribution < 1.29 is 31.9 Å². The maximum Gasteiger partial charge on any atom is 0.418 e. The lowest BCUT2D eigenvalue weighted by Crippen LogP contribution is -2.48. The number of phenols is 1. The summed E-state index contributed by atoms with van der Waals surface area (Å²) in [6, 6.07) is 8.97. The molecule has 0 spiro atoms. The number of nitrogens with zero attached hydrogens (tertiary/aromatic N) is 2. The lowest BCUT2D eigenvalue weighted by Gasteiger charge is -2.40. The third kappa shape index (κ3) is 4.52. The van der Waals surface area contributed by atoms with Gasteiger partial charge in [-0.25, -0.2) is 8.78 Å². The van der Waals surface area contributed by atoms with E-state index in [2.05, 4.69) is 0 Å². The lowest BCUT2D eigenvalue weighted by atomic mass is 9.85. The van der Waals surface area contributed by atoms with E-state index >= 15 is 8.78 Å². The molecule has 0 bridgehead atoms. The normalized spacial score (nSPS) is 21.3. The molecule has 4 nitrogen and oxygen atoms in total. The molecule has 2 heterocycles. The Morgan fingerprint density at radius 1 is 1.06 bits per heavy atom. The largest absolute Gasteiger partial charge is 0.508 e. The number of anilines is 1. The molecular weight excluding hydrogens is 431 g/mol. The molecule has 9 heteroatoms. The van der Waals surface area contributed by atoms with E-state index in [1.807, 2.05) is 0 Å². The van der Waals surface area contributed by atoms with Crippen LogP contribution in [0.1, 0.15) is 41.9 Å². The van der Waals surface area contributed by atoms with Crippen LogP contribution in [0.5, 0.6) is 5.75 Å². The maximum absolute atomic E-state index is 15.1. The van der Waals surface area contributed by atoms with E-state index in [0.717, 1.165) is 11.0 Å². The summed E-state index contributed by atoms with van der Waals surface area (Å²) in [6.07, 6.45) is -3.63. The van der Waals surface area contributed by atoms with Crippen LogP contribution in [0.3, 0.4) is 0 Å². The first-order valence-corrected chi connectivity index (χ1v) is 10.4. The number of aromatic hydroxyl groups is 1. The zero-order valence-electron chi connectivity index (χ0n) is 17.2. The first kappa shape index (κ1) is 22.4. The number of likely N-dealkylation sites (tertiary alicyclic amines) is 1. The molecule has 0 aliphatic carbocycles. The summed E-state index contributed by atoms with van der Waals surface area (Å²) in [6.45, 7) is -0.139. The fourth-order valence-electron chi connectivity index (χ4n) is 4.53. The molecule has 1 amide bonds. The minimum atomic E-state index is -4.69. The molecule has 2 fully saturated rings. The van der Waals surface area contributed by atoms with Crippen LogP contribution < -0.4 is 4.90 Å². The highest BCUT2D eigenvalue weighted by Crippen LogP contribution is 2.44. The topological polar surface area (TPSA) is 43.8 Å². The number of phenolic OH excluding ortho intramolecular Hbond substituents is 1. The van der Waals surface area contributed by atoms with Gasteiger partial charge in [-0.05, 0) is 48.2 Å². The van der Waals surface area contributed by atoms with Gasteiger partial charge in [-0.3, -0.25) is 4.79 Å². The Morgan fingerprint density at radius 2 is 1.78 bits per heavy atom. The van der Waals surface area contributed by atoms with Crippen molar-refractivity contribution in [2.24, 2.45) is 0 Å². The quantitative estimate of drug-likeness (QED) is 0.649. The maximum atomic E-state index is 15.1. The summed E-state index contributed by atoms with van der Waals surface area (Å²) in [5.74, 6) is -4.52. The van der Waals surface area contributed by atoms with Crippen molar-refractivity contribution in [1.82, 2.24) is 4.90 Å². The lowest BCUT2D eigenvalue weighted by molar-refractivity contribution is -0.137. The Morgan fingerprint density at radius 3 is 2.38 bits per heavy atom. The highest BCUT2D eigenvalue weighted by Gasteiger charge is 2.47. The smallest absolute Gasteiger partial charge is 0.418 e. The number of hydrogen-bond acceptors (Lipinski definition) is 3. The van der Waals surface area contributed by atoms with Gasteiger partial charge in [0.25, 0.3) is 5.92 Å². The number of halogens is 5. The average Bonchev–Trinajstić information content (AvgIpc) is 3.12. The highest BCUT2D eigenvalue weighted by atomic mass is 19.4. The molecule has 0 saturated carbocycles. The molecule has 2 aromatic rings. The van der Waals surface area contributed by atoms with Crippen LogP contribution in [0.25, 0.3) is 0 Å². The standard InChI is InChI=1S/C23H23F5N2O2/c24-22(25)14-30(11-9-18(22)16-4-6-17(31)7-5-16)20-12-15(3-8-19(20)23(26,27)28)13-29-10-1-2-21(29)32/h3-8,12,18,31H,1-2,9-11,13-14H2. The molecule has 0 radical (unpaired) electrons. The van der Waals surface area contributed by atoms with E-state index in [4.69, 9.17) is 0 Å². The van der Waals surface area contributed by atoms with Gasteiger partial charge in [0.1, 0.15) is 5.75 Å². The summed E-state index contributed by atoms with van der Waals surface area (Å²) in [5.41, 5.74) is -0.435. The van der Waals surface area contributed by atoms with Gasteiger partial charge in [-0.1, -0.05) is 18.2 Å². The molecule has 4 rings (SSSR count). The Balaban J connectivity index is 1.62. The Labute approximate surface area is 182 Å². The molecular formula is C23H23F5N2O2. The zero-order chi connectivity index (χ0) is 23.1. The van der Waals surface area contributed by atoms with Crippen molar-refractivity contribution in [3.05, 3.63) is 59.2 Å². The first-order chi connectivity index (χ1) is 15.0. The SMILES string of the molecule is O=C1CCCN1Cc1ccc(C(F)(F)F)c(N2CCC(c3ccc(O)cc3)C(F)(F)C2)c1. The van der Waals surface area contributed by atoms with Crippen molar-refractivity contribution in [3.8, 4) is 5.75 Å². The number of piperidine rings is 1. The molecule has 2 aliphatic rings.